The van der Waals surface area contributed by atoms with Crippen molar-refractivity contribution in [2.24, 2.45) is 0 Å². The summed E-state index contributed by atoms with van der Waals surface area (Å²) in [6, 6.07) is 6.44. The van der Waals surface area contributed by atoms with E-state index >= 15 is 0 Å². The van der Waals surface area contributed by atoms with Gasteiger partial charge in [0.15, 0.2) is 0 Å². The van der Waals surface area contributed by atoms with Crippen LogP contribution < -0.4 is 0 Å². The van der Waals surface area contributed by atoms with Crippen LogP contribution >= 0.6 is 27.3 Å². The van der Waals surface area contributed by atoms with Gasteiger partial charge in [0.1, 0.15) is 5.01 Å². The van der Waals surface area contributed by atoms with Gasteiger partial charge >= 0.3 is 0 Å². The van der Waals surface area contributed by atoms with Crippen molar-refractivity contribution in [1.29, 1.82) is 0 Å². The second kappa shape index (κ2) is 4.82. The van der Waals surface area contributed by atoms with Crippen molar-refractivity contribution in [2.75, 3.05) is 0 Å². The summed E-state index contributed by atoms with van der Waals surface area (Å²) in [6.45, 7) is 2.02. The molecule has 3 heteroatoms. The molecule has 0 saturated carbocycles. The lowest BCUT2D eigenvalue weighted by atomic mass is 10.1. The van der Waals surface area contributed by atoms with E-state index in [1.807, 2.05) is 6.92 Å². The van der Waals surface area contributed by atoms with Crippen molar-refractivity contribution in [1.82, 2.24) is 4.98 Å². The fourth-order valence-electron chi connectivity index (χ4n) is 2.07. The quantitative estimate of drug-likeness (QED) is 0.770. The van der Waals surface area contributed by atoms with E-state index in [0.717, 1.165) is 21.6 Å². The number of hydrogen-bond acceptors (Lipinski definition) is 2. The molecule has 18 heavy (non-hydrogen) atoms. The van der Waals surface area contributed by atoms with Gasteiger partial charge in [-0.3, -0.25) is 0 Å². The van der Waals surface area contributed by atoms with Gasteiger partial charge in [0.05, 0.1) is 0 Å². The van der Waals surface area contributed by atoms with Crippen molar-refractivity contribution in [2.45, 2.75) is 13.3 Å². The predicted octanol–water partition coefficient (Wildman–Crippen LogP) is 4.87. The fourth-order valence-corrected chi connectivity index (χ4v) is 3.17. The largest absolute Gasteiger partial charge is 0.242 e. The summed E-state index contributed by atoms with van der Waals surface area (Å²) in [7, 11) is 0. The van der Waals surface area contributed by atoms with Crippen molar-refractivity contribution < 1.29 is 0 Å². The van der Waals surface area contributed by atoms with Crippen molar-refractivity contribution >= 4 is 39.4 Å². The third-order valence-electron chi connectivity index (χ3n) is 2.92. The lowest BCUT2D eigenvalue weighted by Crippen LogP contribution is -1.82. The van der Waals surface area contributed by atoms with Crippen molar-refractivity contribution in [3.63, 3.8) is 0 Å². The molecule has 1 nitrogen and oxygen atoms in total. The van der Waals surface area contributed by atoms with Gasteiger partial charge in [-0.2, -0.15) is 0 Å². The van der Waals surface area contributed by atoms with Gasteiger partial charge in [0.25, 0.3) is 0 Å². The fraction of sp³-hybridized carbons (Fsp3) is 0.133. The molecule has 0 fully saturated rings. The zero-order chi connectivity index (χ0) is 12.5. The molecule has 1 aliphatic rings. The highest BCUT2D eigenvalue weighted by Gasteiger charge is 2.10. The van der Waals surface area contributed by atoms with E-state index < -0.39 is 0 Å². The standard InChI is InChI=1S/C15H12BrNS/c1-10-9-18-15(17-10)5-2-11-6-12-3-4-14(16)8-13(12)7-11/h2-6,8-9H,7H2,1H3/b5-2+. The number of halogens is 1. The number of rotatable bonds is 2. The molecule has 0 N–H and O–H groups in total. The Labute approximate surface area is 119 Å². The highest BCUT2D eigenvalue weighted by Crippen LogP contribution is 2.28. The average Bonchev–Trinajstić information content (AvgIpc) is 2.92. The van der Waals surface area contributed by atoms with Gasteiger partial charge in [0.2, 0.25) is 0 Å². The van der Waals surface area contributed by atoms with Crippen LogP contribution in [-0.4, -0.2) is 4.98 Å². The predicted molar refractivity (Wildman–Crippen MR) is 81.7 cm³/mol. The van der Waals surface area contributed by atoms with E-state index in [2.05, 4.69) is 62.7 Å². The summed E-state index contributed by atoms with van der Waals surface area (Å²) >= 11 is 5.20. The Morgan fingerprint density at radius 3 is 3.00 bits per heavy atom. The molecule has 0 bridgehead atoms. The van der Waals surface area contributed by atoms with E-state index in [4.69, 9.17) is 0 Å². The van der Waals surface area contributed by atoms with E-state index in [9.17, 15) is 0 Å². The summed E-state index contributed by atoms with van der Waals surface area (Å²) < 4.78 is 1.15. The summed E-state index contributed by atoms with van der Waals surface area (Å²) in [5.74, 6) is 0. The Kier molecular flexibility index (Phi) is 3.18. The van der Waals surface area contributed by atoms with Crippen LogP contribution in [0.4, 0.5) is 0 Å². The highest BCUT2D eigenvalue weighted by molar-refractivity contribution is 9.10. The van der Waals surface area contributed by atoms with Gasteiger partial charge in [-0.1, -0.05) is 34.1 Å². The Balaban J connectivity index is 1.79. The zero-order valence-electron chi connectivity index (χ0n) is 9.98. The van der Waals surface area contributed by atoms with Gasteiger partial charge in [0, 0.05) is 15.5 Å². The number of aromatic nitrogens is 1. The van der Waals surface area contributed by atoms with Crippen molar-refractivity contribution in [3.8, 4) is 0 Å². The number of thiazole rings is 1. The minimum Gasteiger partial charge on any atom is -0.242 e. The zero-order valence-corrected chi connectivity index (χ0v) is 12.4. The normalized spacial score (nSPS) is 14.0. The first kappa shape index (κ1) is 11.9. The molecule has 1 aliphatic carbocycles. The summed E-state index contributed by atoms with van der Waals surface area (Å²) in [5, 5.41) is 3.15. The van der Waals surface area contributed by atoms with E-state index in [1.54, 1.807) is 11.3 Å². The van der Waals surface area contributed by atoms with Gasteiger partial charge < -0.3 is 0 Å². The third kappa shape index (κ3) is 2.47. The van der Waals surface area contributed by atoms with Crippen LogP contribution in [0.2, 0.25) is 0 Å². The van der Waals surface area contributed by atoms with Crippen LogP contribution in [-0.2, 0) is 6.42 Å². The molecule has 0 atom stereocenters. The van der Waals surface area contributed by atoms with Crippen molar-refractivity contribution in [3.05, 3.63) is 61.5 Å². The van der Waals surface area contributed by atoms with E-state index in [0.29, 0.717) is 0 Å². The Bertz CT molecular complexity index is 652. The molecule has 90 valence electrons. The number of hydrogen-bond donors (Lipinski definition) is 0. The molecular formula is C15H12BrNS. The maximum absolute atomic E-state index is 4.43. The molecule has 0 amide bonds. The molecular weight excluding hydrogens is 306 g/mol. The van der Waals surface area contributed by atoms with Gasteiger partial charge in [-0.05, 0) is 48.3 Å². The topological polar surface area (TPSA) is 12.9 Å². The van der Waals surface area contributed by atoms with Crippen LogP contribution in [0.1, 0.15) is 21.8 Å². The number of allylic oxidation sites excluding steroid dienone is 2. The molecule has 0 spiro atoms. The van der Waals surface area contributed by atoms with E-state index in [-0.39, 0.29) is 0 Å². The number of aryl methyl sites for hydroxylation is 1. The maximum Gasteiger partial charge on any atom is 0.116 e. The second-order valence-electron chi connectivity index (χ2n) is 4.40. The molecule has 0 unspecified atom stereocenters. The SMILES string of the molecule is Cc1csc(/C=C/C2=Cc3ccc(Br)cc3C2)n1. The average molecular weight is 318 g/mol. The second-order valence-corrected chi connectivity index (χ2v) is 6.20. The lowest BCUT2D eigenvalue weighted by molar-refractivity contribution is 1.23. The molecule has 0 aliphatic heterocycles. The number of fused-ring (bicyclic) bond motifs is 1. The molecule has 2 aromatic rings. The molecule has 3 rings (SSSR count). The Morgan fingerprint density at radius 1 is 1.33 bits per heavy atom. The summed E-state index contributed by atoms with van der Waals surface area (Å²) in [4.78, 5) is 4.43. The molecule has 0 saturated heterocycles. The Hall–Kier alpha value is -1.19. The van der Waals surface area contributed by atoms with Crippen LogP contribution in [0.25, 0.3) is 12.2 Å². The van der Waals surface area contributed by atoms with Crippen LogP contribution in [0.3, 0.4) is 0 Å². The van der Waals surface area contributed by atoms with E-state index in [1.165, 1.54) is 16.7 Å². The number of benzene rings is 1. The maximum atomic E-state index is 4.43. The smallest absolute Gasteiger partial charge is 0.116 e. The molecule has 1 aromatic heterocycles. The molecule has 1 heterocycles. The first-order chi connectivity index (χ1) is 8.70. The number of nitrogens with zero attached hydrogens (tertiary/aromatic N) is 1. The van der Waals surface area contributed by atoms with Crippen LogP contribution in [0.5, 0.6) is 0 Å². The third-order valence-corrected chi connectivity index (χ3v) is 4.34. The Morgan fingerprint density at radius 2 is 2.22 bits per heavy atom. The first-order valence-corrected chi connectivity index (χ1v) is 7.47. The lowest BCUT2D eigenvalue weighted by Gasteiger charge is -1.97. The first-order valence-electron chi connectivity index (χ1n) is 5.80. The molecule has 0 radical (unpaired) electrons. The summed E-state index contributed by atoms with van der Waals surface area (Å²) in [6.07, 6.45) is 7.53. The van der Waals surface area contributed by atoms with Crippen LogP contribution in [0.15, 0.2) is 39.7 Å². The highest BCUT2D eigenvalue weighted by atomic mass is 79.9. The van der Waals surface area contributed by atoms with Crippen LogP contribution in [0, 0.1) is 6.92 Å². The summed E-state index contributed by atoms with van der Waals surface area (Å²) in [5.41, 5.74) is 5.15. The van der Waals surface area contributed by atoms with Gasteiger partial charge in [-0.15, -0.1) is 11.3 Å². The minimum atomic E-state index is 1.01. The van der Waals surface area contributed by atoms with Gasteiger partial charge in [-0.25, -0.2) is 4.98 Å². The minimum absolute atomic E-state index is 1.01. The molecule has 1 aromatic carbocycles. The monoisotopic (exact) mass is 317 g/mol.